The third-order valence-corrected chi connectivity index (χ3v) is 3.90. The molecule has 1 saturated carbocycles. The first kappa shape index (κ1) is 13.0. The second-order valence-corrected chi connectivity index (χ2v) is 5.90. The van der Waals surface area contributed by atoms with Crippen LogP contribution in [0.15, 0.2) is 12.1 Å². The Balaban J connectivity index is 2.24. The summed E-state index contributed by atoms with van der Waals surface area (Å²) < 4.78 is 5.71. The molecule has 0 N–H and O–H groups in total. The maximum Gasteiger partial charge on any atom is 0.157 e. The van der Waals surface area contributed by atoms with Gasteiger partial charge in [-0.1, -0.05) is 34.8 Å². The molecule has 0 radical (unpaired) electrons. The molecule has 2 nitrogen and oxygen atoms in total. The zero-order valence-electron chi connectivity index (χ0n) is 9.39. The molecule has 1 fully saturated rings. The van der Waals surface area contributed by atoms with Crippen molar-refractivity contribution < 1.29 is 9.53 Å². The van der Waals surface area contributed by atoms with Gasteiger partial charge in [0.1, 0.15) is 11.9 Å². The normalized spacial score (nSPS) is 22.2. The fourth-order valence-corrected chi connectivity index (χ4v) is 2.61. The molecule has 1 unspecified atom stereocenters. The number of rotatable bonds is 2. The van der Waals surface area contributed by atoms with E-state index in [1.54, 1.807) is 12.1 Å². The summed E-state index contributed by atoms with van der Waals surface area (Å²) in [5.74, 6) is 0.576. The molecule has 0 spiro atoms. The van der Waals surface area contributed by atoms with Crippen molar-refractivity contribution >= 4 is 40.6 Å². The van der Waals surface area contributed by atoms with Gasteiger partial charge in [0.15, 0.2) is 5.75 Å². The van der Waals surface area contributed by atoms with Crippen LogP contribution in [0, 0.1) is 5.41 Å². The van der Waals surface area contributed by atoms with E-state index in [0.29, 0.717) is 27.2 Å². The Labute approximate surface area is 115 Å². The van der Waals surface area contributed by atoms with Gasteiger partial charge in [0, 0.05) is 11.4 Å². The average Bonchev–Trinajstić information content (AvgIpc) is 2.21. The summed E-state index contributed by atoms with van der Waals surface area (Å²) in [5, 5.41) is 1.17. The van der Waals surface area contributed by atoms with Gasteiger partial charge in [-0.3, -0.25) is 4.79 Å². The van der Waals surface area contributed by atoms with Gasteiger partial charge in [0.05, 0.1) is 15.5 Å². The fraction of sp³-hybridized carbons (Fsp3) is 0.417. The topological polar surface area (TPSA) is 26.3 Å². The maximum absolute atomic E-state index is 11.4. The number of benzene rings is 1. The number of hydrogen-bond donors (Lipinski definition) is 0. The standard InChI is InChI=1S/C12H11Cl3O2/c1-12(2)9(16)5-10(12)17-11-7(14)3-6(13)4-8(11)15/h3-4,10H,5H2,1-2H3. The minimum absolute atomic E-state index is 0.184. The summed E-state index contributed by atoms with van der Waals surface area (Å²) in [6.45, 7) is 3.70. The second kappa shape index (κ2) is 4.34. The average molecular weight is 294 g/mol. The van der Waals surface area contributed by atoms with Gasteiger partial charge in [-0.05, 0) is 26.0 Å². The van der Waals surface area contributed by atoms with E-state index in [4.69, 9.17) is 39.5 Å². The van der Waals surface area contributed by atoms with Crippen molar-refractivity contribution in [3.63, 3.8) is 0 Å². The first-order valence-electron chi connectivity index (χ1n) is 5.17. The first-order valence-corrected chi connectivity index (χ1v) is 6.30. The Morgan fingerprint density at radius 3 is 2.18 bits per heavy atom. The van der Waals surface area contributed by atoms with Crippen molar-refractivity contribution in [2.75, 3.05) is 0 Å². The van der Waals surface area contributed by atoms with Crippen LogP contribution in [0.1, 0.15) is 20.3 Å². The highest BCUT2D eigenvalue weighted by molar-refractivity contribution is 6.40. The van der Waals surface area contributed by atoms with E-state index in [1.807, 2.05) is 13.8 Å². The molecule has 0 heterocycles. The minimum Gasteiger partial charge on any atom is -0.486 e. The summed E-state index contributed by atoms with van der Waals surface area (Å²) in [5.41, 5.74) is -0.480. The molecule has 17 heavy (non-hydrogen) atoms. The summed E-state index contributed by atoms with van der Waals surface area (Å²) >= 11 is 17.8. The van der Waals surface area contributed by atoms with E-state index in [9.17, 15) is 4.79 Å². The van der Waals surface area contributed by atoms with Crippen LogP contribution in [0.5, 0.6) is 5.75 Å². The van der Waals surface area contributed by atoms with Crippen LogP contribution in [0.3, 0.4) is 0 Å². The van der Waals surface area contributed by atoms with Crippen LogP contribution in [-0.4, -0.2) is 11.9 Å². The molecule has 1 aliphatic rings. The SMILES string of the molecule is CC1(C)C(=O)CC1Oc1c(Cl)cc(Cl)cc1Cl. The smallest absolute Gasteiger partial charge is 0.157 e. The Kier molecular flexibility index (Phi) is 3.32. The minimum atomic E-state index is -0.480. The third kappa shape index (κ3) is 2.26. The van der Waals surface area contributed by atoms with E-state index < -0.39 is 5.41 Å². The Morgan fingerprint density at radius 2 is 1.76 bits per heavy atom. The third-order valence-electron chi connectivity index (χ3n) is 3.12. The second-order valence-electron chi connectivity index (χ2n) is 4.65. The zero-order chi connectivity index (χ0) is 12.8. The van der Waals surface area contributed by atoms with E-state index in [-0.39, 0.29) is 11.9 Å². The highest BCUT2D eigenvalue weighted by atomic mass is 35.5. The molecular formula is C12H11Cl3O2. The Morgan fingerprint density at radius 1 is 1.24 bits per heavy atom. The van der Waals surface area contributed by atoms with Crippen molar-refractivity contribution in [2.24, 2.45) is 5.41 Å². The molecule has 1 aromatic carbocycles. The molecule has 1 aromatic rings. The number of hydrogen-bond acceptors (Lipinski definition) is 2. The number of halogens is 3. The van der Waals surface area contributed by atoms with Crippen molar-refractivity contribution in [2.45, 2.75) is 26.4 Å². The highest BCUT2D eigenvalue weighted by Gasteiger charge is 2.49. The van der Waals surface area contributed by atoms with E-state index in [2.05, 4.69) is 0 Å². The molecule has 0 amide bonds. The lowest BCUT2D eigenvalue weighted by Gasteiger charge is -2.42. The van der Waals surface area contributed by atoms with Gasteiger partial charge in [-0.25, -0.2) is 0 Å². The first-order chi connectivity index (χ1) is 7.82. The molecule has 2 rings (SSSR count). The predicted molar refractivity (Wildman–Crippen MR) is 69.3 cm³/mol. The molecule has 0 bridgehead atoms. The van der Waals surface area contributed by atoms with E-state index >= 15 is 0 Å². The molecule has 0 aliphatic heterocycles. The van der Waals surface area contributed by atoms with Crippen molar-refractivity contribution in [3.05, 3.63) is 27.2 Å². The quantitative estimate of drug-likeness (QED) is 0.808. The Hall–Kier alpha value is -0.440. The van der Waals surface area contributed by atoms with Gasteiger partial charge < -0.3 is 4.74 Å². The number of ketones is 1. The Bertz CT molecular complexity index is 460. The van der Waals surface area contributed by atoms with Crippen molar-refractivity contribution in [1.29, 1.82) is 0 Å². The van der Waals surface area contributed by atoms with E-state index in [0.717, 1.165) is 0 Å². The van der Waals surface area contributed by atoms with Gasteiger partial charge in [0.25, 0.3) is 0 Å². The predicted octanol–water partition coefficient (Wildman–Crippen LogP) is 4.39. The summed E-state index contributed by atoms with van der Waals surface area (Å²) in [6.07, 6.45) is 0.202. The molecule has 0 aromatic heterocycles. The highest BCUT2D eigenvalue weighted by Crippen LogP contribution is 2.43. The van der Waals surface area contributed by atoms with E-state index in [1.165, 1.54) is 0 Å². The maximum atomic E-state index is 11.4. The lowest BCUT2D eigenvalue weighted by atomic mass is 9.68. The van der Waals surface area contributed by atoms with Crippen LogP contribution < -0.4 is 4.74 Å². The van der Waals surface area contributed by atoms with Crippen LogP contribution >= 0.6 is 34.8 Å². The monoisotopic (exact) mass is 292 g/mol. The zero-order valence-corrected chi connectivity index (χ0v) is 11.7. The van der Waals surface area contributed by atoms with Gasteiger partial charge >= 0.3 is 0 Å². The molecule has 1 atom stereocenters. The van der Waals surface area contributed by atoms with Crippen molar-refractivity contribution in [3.8, 4) is 5.75 Å². The van der Waals surface area contributed by atoms with Crippen LogP contribution in [0.4, 0.5) is 0 Å². The van der Waals surface area contributed by atoms with Crippen LogP contribution in [0.25, 0.3) is 0 Å². The lowest BCUT2D eigenvalue weighted by Crippen LogP contribution is -2.53. The van der Waals surface area contributed by atoms with Crippen LogP contribution in [0.2, 0.25) is 15.1 Å². The summed E-state index contributed by atoms with van der Waals surface area (Å²) in [4.78, 5) is 11.4. The van der Waals surface area contributed by atoms with Gasteiger partial charge in [-0.2, -0.15) is 0 Å². The molecule has 5 heteroatoms. The molecule has 0 saturated heterocycles. The molecular weight excluding hydrogens is 282 g/mol. The number of ether oxygens (including phenoxy) is 1. The van der Waals surface area contributed by atoms with Gasteiger partial charge in [0.2, 0.25) is 0 Å². The molecule has 92 valence electrons. The fourth-order valence-electron chi connectivity index (χ4n) is 1.71. The summed E-state index contributed by atoms with van der Waals surface area (Å²) in [7, 11) is 0. The lowest BCUT2D eigenvalue weighted by molar-refractivity contribution is -0.148. The summed E-state index contributed by atoms with van der Waals surface area (Å²) in [6, 6.07) is 3.13. The number of carbonyl (C=O) groups excluding carboxylic acids is 1. The van der Waals surface area contributed by atoms with Gasteiger partial charge in [-0.15, -0.1) is 0 Å². The van der Waals surface area contributed by atoms with Crippen LogP contribution in [-0.2, 0) is 4.79 Å². The number of carbonyl (C=O) groups is 1. The number of Topliss-reactive ketones (excluding diaryl/α,β-unsaturated/α-hetero) is 1. The molecule has 1 aliphatic carbocycles. The largest absolute Gasteiger partial charge is 0.486 e. The van der Waals surface area contributed by atoms with Crippen molar-refractivity contribution in [1.82, 2.24) is 0 Å².